The van der Waals surface area contributed by atoms with Crippen LogP contribution >= 0.6 is 0 Å². The van der Waals surface area contributed by atoms with Gasteiger partial charge in [0.15, 0.2) is 0 Å². The number of hydrogen-bond donors (Lipinski definition) is 2. The van der Waals surface area contributed by atoms with Crippen molar-refractivity contribution in [1.82, 2.24) is 0 Å². The Morgan fingerprint density at radius 1 is 1.17 bits per heavy atom. The fourth-order valence-electron chi connectivity index (χ4n) is 2.70. The molecule has 3 rings (SSSR count). The summed E-state index contributed by atoms with van der Waals surface area (Å²) in [6.45, 7) is 2.07. The monoisotopic (exact) mass is 239 g/mol. The Balaban J connectivity index is 1.95. The molecular formula is C16H17NO. The molecule has 0 aromatic heterocycles. The number of hydrogen-bond acceptors (Lipinski definition) is 2. The fraction of sp³-hybridized carbons (Fsp3) is 0.250. The topological polar surface area (TPSA) is 46.2 Å². The van der Waals surface area contributed by atoms with Gasteiger partial charge in [0.25, 0.3) is 0 Å². The van der Waals surface area contributed by atoms with Crippen molar-refractivity contribution >= 4 is 0 Å². The van der Waals surface area contributed by atoms with E-state index in [0.29, 0.717) is 5.75 Å². The van der Waals surface area contributed by atoms with Gasteiger partial charge in [-0.2, -0.15) is 0 Å². The first-order valence-electron chi connectivity index (χ1n) is 6.25. The molecule has 1 fully saturated rings. The highest BCUT2D eigenvalue weighted by Crippen LogP contribution is 2.58. The maximum atomic E-state index is 9.90. The zero-order valence-corrected chi connectivity index (χ0v) is 10.4. The quantitative estimate of drug-likeness (QED) is 0.846. The van der Waals surface area contributed by atoms with E-state index < -0.39 is 0 Å². The van der Waals surface area contributed by atoms with Gasteiger partial charge in [-0.25, -0.2) is 0 Å². The van der Waals surface area contributed by atoms with Gasteiger partial charge in [-0.3, -0.25) is 0 Å². The Bertz CT molecular complexity index is 593. The Labute approximate surface area is 107 Å². The molecule has 0 heterocycles. The lowest BCUT2D eigenvalue weighted by Crippen LogP contribution is -2.21. The van der Waals surface area contributed by atoms with Crippen LogP contribution in [0.1, 0.15) is 29.0 Å². The van der Waals surface area contributed by atoms with Crippen molar-refractivity contribution in [2.24, 2.45) is 5.73 Å². The summed E-state index contributed by atoms with van der Waals surface area (Å²) in [5.41, 5.74) is 9.50. The van der Waals surface area contributed by atoms with E-state index in [1.807, 2.05) is 24.3 Å². The van der Waals surface area contributed by atoms with Crippen molar-refractivity contribution in [3.63, 3.8) is 0 Å². The maximum Gasteiger partial charge on any atom is 0.119 e. The number of rotatable bonds is 2. The molecule has 0 radical (unpaired) electrons. The van der Waals surface area contributed by atoms with Gasteiger partial charge in [0.05, 0.1) is 0 Å². The molecular weight excluding hydrogens is 222 g/mol. The summed E-state index contributed by atoms with van der Waals surface area (Å²) in [6.07, 6.45) is 0.897. The van der Waals surface area contributed by atoms with E-state index in [1.165, 1.54) is 5.56 Å². The summed E-state index contributed by atoms with van der Waals surface area (Å²) in [7, 11) is 0. The summed E-state index contributed by atoms with van der Waals surface area (Å²) >= 11 is 0. The van der Waals surface area contributed by atoms with E-state index in [-0.39, 0.29) is 11.5 Å². The lowest BCUT2D eigenvalue weighted by Gasteiger charge is -2.13. The lowest BCUT2D eigenvalue weighted by atomic mass is 9.98. The summed E-state index contributed by atoms with van der Waals surface area (Å²) < 4.78 is 0. The Morgan fingerprint density at radius 3 is 2.67 bits per heavy atom. The van der Waals surface area contributed by atoms with E-state index in [2.05, 4.69) is 25.1 Å². The largest absolute Gasteiger partial charge is 0.508 e. The Kier molecular flexibility index (Phi) is 2.42. The molecule has 0 saturated heterocycles. The normalized spacial score (nSPS) is 26.0. The van der Waals surface area contributed by atoms with Gasteiger partial charge in [-0.1, -0.05) is 48.0 Å². The van der Waals surface area contributed by atoms with Crippen LogP contribution in [0.25, 0.3) is 0 Å². The Hall–Kier alpha value is -1.80. The number of para-hydroxylation sites is 1. The highest BCUT2D eigenvalue weighted by molar-refractivity contribution is 5.47. The third-order valence-corrected chi connectivity index (χ3v) is 3.87. The van der Waals surface area contributed by atoms with E-state index in [4.69, 9.17) is 5.73 Å². The predicted molar refractivity (Wildman–Crippen MR) is 72.5 cm³/mol. The Morgan fingerprint density at radius 2 is 1.94 bits per heavy atom. The van der Waals surface area contributed by atoms with E-state index in [0.717, 1.165) is 17.5 Å². The number of benzene rings is 2. The molecule has 2 aromatic rings. The van der Waals surface area contributed by atoms with Crippen LogP contribution in [0.4, 0.5) is 0 Å². The molecule has 2 unspecified atom stereocenters. The fourth-order valence-corrected chi connectivity index (χ4v) is 2.70. The molecule has 0 aliphatic heterocycles. The van der Waals surface area contributed by atoms with Gasteiger partial charge in [0, 0.05) is 11.5 Å². The predicted octanol–water partition coefficient (Wildman–Crippen LogP) is 3.04. The van der Waals surface area contributed by atoms with Crippen LogP contribution in [-0.4, -0.2) is 5.11 Å². The zero-order valence-electron chi connectivity index (χ0n) is 10.4. The number of aromatic hydroxyl groups is 1. The number of aryl methyl sites for hydroxylation is 1. The third kappa shape index (κ3) is 1.70. The van der Waals surface area contributed by atoms with E-state index in [1.54, 1.807) is 6.07 Å². The third-order valence-electron chi connectivity index (χ3n) is 3.87. The van der Waals surface area contributed by atoms with Crippen LogP contribution in [0, 0.1) is 6.92 Å². The first-order valence-corrected chi connectivity index (χ1v) is 6.25. The van der Waals surface area contributed by atoms with Crippen molar-refractivity contribution in [2.75, 3.05) is 0 Å². The second-order valence-corrected chi connectivity index (χ2v) is 5.23. The van der Waals surface area contributed by atoms with Crippen LogP contribution < -0.4 is 5.73 Å². The van der Waals surface area contributed by atoms with E-state index >= 15 is 0 Å². The van der Waals surface area contributed by atoms with Gasteiger partial charge in [-0.05, 0) is 30.5 Å². The smallest absolute Gasteiger partial charge is 0.119 e. The van der Waals surface area contributed by atoms with Crippen LogP contribution in [0.15, 0.2) is 48.5 Å². The maximum absolute atomic E-state index is 9.90. The van der Waals surface area contributed by atoms with Gasteiger partial charge >= 0.3 is 0 Å². The first-order chi connectivity index (χ1) is 8.61. The second kappa shape index (κ2) is 3.85. The lowest BCUT2D eigenvalue weighted by molar-refractivity contribution is 0.466. The molecule has 1 saturated carbocycles. The molecule has 18 heavy (non-hydrogen) atoms. The van der Waals surface area contributed by atoms with Crippen molar-refractivity contribution in [2.45, 2.75) is 24.8 Å². The average molecular weight is 239 g/mol. The van der Waals surface area contributed by atoms with Crippen LogP contribution in [-0.2, 0) is 5.54 Å². The summed E-state index contributed by atoms with van der Waals surface area (Å²) in [4.78, 5) is 0. The molecule has 2 nitrogen and oxygen atoms in total. The number of nitrogens with two attached hydrogens (primary N) is 1. The number of phenols is 1. The van der Waals surface area contributed by atoms with Gasteiger partial charge in [-0.15, -0.1) is 0 Å². The second-order valence-electron chi connectivity index (χ2n) is 5.23. The highest BCUT2D eigenvalue weighted by atomic mass is 16.3. The zero-order chi connectivity index (χ0) is 12.8. The minimum Gasteiger partial charge on any atom is -0.508 e. The van der Waals surface area contributed by atoms with Gasteiger partial charge < -0.3 is 10.8 Å². The van der Waals surface area contributed by atoms with Crippen molar-refractivity contribution in [3.8, 4) is 5.75 Å². The minimum absolute atomic E-state index is 0.223. The number of phenolic OH excluding ortho intramolecular Hbond substituents is 1. The summed E-state index contributed by atoms with van der Waals surface area (Å²) in [5.74, 6) is 0.572. The molecule has 92 valence electrons. The van der Waals surface area contributed by atoms with Crippen LogP contribution in [0.3, 0.4) is 0 Å². The minimum atomic E-state index is -0.315. The molecule has 1 aliphatic carbocycles. The van der Waals surface area contributed by atoms with E-state index in [9.17, 15) is 5.11 Å². The van der Waals surface area contributed by atoms with Crippen molar-refractivity contribution in [3.05, 3.63) is 65.2 Å². The molecule has 0 spiro atoms. The highest BCUT2D eigenvalue weighted by Gasteiger charge is 2.53. The summed E-state index contributed by atoms with van der Waals surface area (Å²) in [5, 5.41) is 9.90. The SMILES string of the molecule is Cc1cccc(C2(N)CC2c2ccccc2O)c1. The summed E-state index contributed by atoms with van der Waals surface area (Å²) in [6, 6.07) is 15.8. The van der Waals surface area contributed by atoms with Crippen LogP contribution in [0.5, 0.6) is 5.75 Å². The molecule has 2 atom stereocenters. The van der Waals surface area contributed by atoms with Crippen molar-refractivity contribution < 1.29 is 5.11 Å². The van der Waals surface area contributed by atoms with Gasteiger partial charge in [0.1, 0.15) is 5.75 Å². The molecule has 2 aromatic carbocycles. The standard InChI is InChI=1S/C16H17NO/c1-11-5-4-6-12(9-11)16(17)10-14(16)13-7-2-3-8-15(13)18/h2-9,14,18H,10,17H2,1H3. The molecule has 0 amide bonds. The van der Waals surface area contributed by atoms with Gasteiger partial charge in [0.2, 0.25) is 0 Å². The average Bonchev–Trinajstić information content (AvgIpc) is 3.04. The van der Waals surface area contributed by atoms with Crippen LogP contribution in [0.2, 0.25) is 0 Å². The molecule has 0 bridgehead atoms. The first kappa shape index (κ1) is 11.3. The molecule has 2 heteroatoms. The molecule has 3 N–H and O–H groups in total. The molecule has 1 aliphatic rings. The van der Waals surface area contributed by atoms with Crippen molar-refractivity contribution in [1.29, 1.82) is 0 Å².